The van der Waals surface area contributed by atoms with Crippen molar-refractivity contribution in [2.45, 2.75) is 39.0 Å². The predicted molar refractivity (Wildman–Crippen MR) is 69.1 cm³/mol. The van der Waals surface area contributed by atoms with Crippen molar-refractivity contribution in [3.05, 3.63) is 0 Å². The first-order valence-corrected chi connectivity index (χ1v) is 6.92. The molecule has 0 saturated heterocycles. The quantitative estimate of drug-likeness (QED) is 0.277. The Morgan fingerprint density at radius 3 is 2.33 bits per heavy atom. The summed E-state index contributed by atoms with van der Waals surface area (Å²) in [6, 6.07) is 0. The number of amidine groups is 1. The molecule has 1 amide bonds. The Labute approximate surface area is 108 Å². The first-order valence-electron chi connectivity index (χ1n) is 6.92. The lowest BCUT2D eigenvalue weighted by atomic mass is 9.97. The molecular formula is C13H23N3O2. The molecule has 0 aromatic heterocycles. The van der Waals surface area contributed by atoms with Gasteiger partial charge in [-0.25, -0.2) is 0 Å². The molecule has 102 valence electrons. The van der Waals surface area contributed by atoms with Crippen molar-refractivity contribution in [2.75, 3.05) is 6.54 Å². The van der Waals surface area contributed by atoms with E-state index >= 15 is 0 Å². The van der Waals surface area contributed by atoms with E-state index in [9.17, 15) is 4.79 Å². The first kappa shape index (κ1) is 13.2. The van der Waals surface area contributed by atoms with Crippen LogP contribution in [0.15, 0.2) is 5.16 Å². The van der Waals surface area contributed by atoms with Crippen molar-refractivity contribution >= 4 is 11.7 Å². The number of amides is 1. The van der Waals surface area contributed by atoms with Gasteiger partial charge in [0, 0.05) is 6.54 Å². The summed E-state index contributed by atoms with van der Waals surface area (Å²) in [5.41, 5.74) is 5.52. The van der Waals surface area contributed by atoms with Crippen LogP contribution in [0, 0.1) is 23.7 Å². The minimum atomic E-state index is -0.506. The lowest BCUT2D eigenvalue weighted by molar-refractivity contribution is -0.123. The minimum Gasteiger partial charge on any atom is -0.409 e. The molecule has 0 bridgehead atoms. The fourth-order valence-corrected chi connectivity index (χ4v) is 2.71. The van der Waals surface area contributed by atoms with Crippen LogP contribution in [-0.4, -0.2) is 23.5 Å². The number of nitrogens with one attached hydrogen (secondary N) is 1. The van der Waals surface area contributed by atoms with Crippen molar-refractivity contribution in [3.63, 3.8) is 0 Å². The van der Waals surface area contributed by atoms with E-state index in [1.54, 1.807) is 0 Å². The second-order valence-electron chi connectivity index (χ2n) is 5.57. The molecule has 0 heterocycles. The molecule has 2 rings (SSSR count). The molecular weight excluding hydrogens is 230 g/mol. The molecule has 5 nitrogen and oxygen atoms in total. The Bertz CT molecular complexity index is 323. The summed E-state index contributed by atoms with van der Waals surface area (Å²) in [5.74, 6) is 1.68. The van der Waals surface area contributed by atoms with Gasteiger partial charge in [-0.2, -0.15) is 0 Å². The summed E-state index contributed by atoms with van der Waals surface area (Å²) >= 11 is 0. The number of nitrogens with zero attached hydrogens (tertiary/aromatic N) is 1. The van der Waals surface area contributed by atoms with Crippen LogP contribution in [0.2, 0.25) is 0 Å². The number of hydrogen-bond donors (Lipinski definition) is 3. The number of carbonyl (C=O) groups excluding carboxylic acids is 1. The van der Waals surface area contributed by atoms with Crippen molar-refractivity contribution in [1.82, 2.24) is 5.32 Å². The highest BCUT2D eigenvalue weighted by Crippen LogP contribution is 2.48. The predicted octanol–water partition coefficient (Wildman–Crippen LogP) is 1.31. The molecule has 18 heavy (non-hydrogen) atoms. The third kappa shape index (κ3) is 3.15. The Morgan fingerprint density at radius 1 is 1.39 bits per heavy atom. The van der Waals surface area contributed by atoms with Gasteiger partial charge in [-0.05, 0) is 49.9 Å². The average molecular weight is 253 g/mol. The van der Waals surface area contributed by atoms with Gasteiger partial charge in [-0.3, -0.25) is 4.79 Å². The zero-order valence-electron chi connectivity index (χ0n) is 10.9. The van der Waals surface area contributed by atoms with Crippen LogP contribution in [0.1, 0.15) is 39.0 Å². The Kier molecular flexibility index (Phi) is 4.09. The number of rotatable bonds is 7. The largest absolute Gasteiger partial charge is 0.409 e. The molecule has 0 spiro atoms. The van der Waals surface area contributed by atoms with E-state index in [1.807, 2.05) is 6.92 Å². The molecule has 2 fully saturated rings. The number of hydrogen-bond acceptors (Lipinski definition) is 3. The first-order chi connectivity index (χ1) is 8.67. The molecule has 5 heteroatoms. The molecule has 0 aliphatic heterocycles. The van der Waals surface area contributed by atoms with Gasteiger partial charge >= 0.3 is 0 Å². The van der Waals surface area contributed by atoms with Crippen molar-refractivity contribution < 1.29 is 10.0 Å². The van der Waals surface area contributed by atoms with E-state index < -0.39 is 5.92 Å². The summed E-state index contributed by atoms with van der Waals surface area (Å²) in [6.07, 6.45) is 5.81. The van der Waals surface area contributed by atoms with Crippen LogP contribution in [0.25, 0.3) is 0 Å². The van der Waals surface area contributed by atoms with E-state index in [2.05, 4.69) is 10.5 Å². The van der Waals surface area contributed by atoms with Crippen LogP contribution >= 0.6 is 0 Å². The lowest BCUT2D eigenvalue weighted by Gasteiger charge is -2.19. The van der Waals surface area contributed by atoms with Gasteiger partial charge in [0.15, 0.2) is 5.84 Å². The number of oxime groups is 1. The molecule has 1 atom stereocenters. The normalized spacial score (nSPS) is 22.0. The van der Waals surface area contributed by atoms with E-state index in [0.717, 1.165) is 18.4 Å². The fraction of sp³-hybridized carbons (Fsp3) is 0.846. The highest BCUT2D eigenvalue weighted by molar-refractivity contribution is 6.01. The number of nitrogens with two attached hydrogens (primary N) is 1. The Morgan fingerprint density at radius 2 is 1.94 bits per heavy atom. The zero-order chi connectivity index (χ0) is 13.1. The van der Waals surface area contributed by atoms with Gasteiger partial charge in [0.05, 0.1) is 5.92 Å². The fourth-order valence-electron chi connectivity index (χ4n) is 2.71. The second kappa shape index (κ2) is 5.59. The second-order valence-corrected chi connectivity index (χ2v) is 5.57. The van der Waals surface area contributed by atoms with E-state index in [1.165, 1.54) is 25.7 Å². The maximum absolute atomic E-state index is 12.0. The zero-order valence-corrected chi connectivity index (χ0v) is 10.9. The monoisotopic (exact) mass is 253 g/mol. The topological polar surface area (TPSA) is 87.7 Å². The van der Waals surface area contributed by atoms with Gasteiger partial charge in [0.2, 0.25) is 5.91 Å². The molecule has 1 unspecified atom stereocenters. The van der Waals surface area contributed by atoms with Gasteiger partial charge < -0.3 is 16.3 Å². The van der Waals surface area contributed by atoms with Gasteiger partial charge in [-0.15, -0.1) is 0 Å². The third-order valence-corrected chi connectivity index (χ3v) is 4.16. The van der Waals surface area contributed by atoms with Crippen molar-refractivity contribution in [2.24, 2.45) is 34.6 Å². The van der Waals surface area contributed by atoms with Gasteiger partial charge in [0.25, 0.3) is 0 Å². The molecule has 2 saturated carbocycles. The van der Waals surface area contributed by atoms with Crippen LogP contribution < -0.4 is 11.1 Å². The third-order valence-electron chi connectivity index (χ3n) is 4.16. The van der Waals surface area contributed by atoms with Gasteiger partial charge in [0.1, 0.15) is 0 Å². The summed E-state index contributed by atoms with van der Waals surface area (Å²) in [6.45, 7) is 2.62. The highest BCUT2D eigenvalue weighted by atomic mass is 16.4. The lowest BCUT2D eigenvalue weighted by Crippen LogP contribution is -2.41. The molecule has 0 aromatic carbocycles. The Balaban J connectivity index is 1.82. The number of carbonyl (C=O) groups is 1. The molecule has 2 aliphatic carbocycles. The molecule has 0 aromatic rings. The highest BCUT2D eigenvalue weighted by Gasteiger charge is 2.41. The van der Waals surface area contributed by atoms with Crippen molar-refractivity contribution in [3.8, 4) is 0 Å². The smallest absolute Gasteiger partial charge is 0.230 e. The van der Waals surface area contributed by atoms with E-state index in [-0.39, 0.29) is 11.7 Å². The molecule has 2 aliphatic rings. The van der Waals surface area contributed by atoms with Crippen LogP contribution in [0.5, 0.6) is 0 Å². The van der Waals surface area contributed by atoms with Crippen LogP contribution in [-0.2, 0) is 4.79 Å². The molecule has 0 radical (unpaired) electrons. The standard InChI is InChI=1S/C13H23N3O2/c1-2-10(12(14)16-18)13(17)15-7-11(8-3-4-8)9-5-6-9/h8-11,18H,2-7H2,1H3,(H2,14,16)(H,15,17). The summed E-state index contributed by atoms with van der Waals surface area (Å²) in [4.78, 5) is 12.0. The summed E-state index contributed by atoms with van der Waals surface area (Å²) in [7, 11) is 0. The minimum absolute atomic E-state index is 0.00407. The Hall–Kier alpha value is -1.26. The van der Waals surface area contributed by atoms with Gasteiger partial charge in [-0.1, -0.05) is 12.1 Å². The van der Waals surface area contributed by atoms with Crippen LogP contribution in [0.4, 0.5) is 0 Å². The van der Waals surface area contributed by atoms with Crippen LogP contribution in [0.3, 0.4) is 0 Å². The van der Waals surface area contributed by atoms with E-state index in [0.29, 0.717) is 12.3 Å². The maximum atomic E-state index is 12.0. The average Bonchev–Trinajstić information content (AvgIpc) is 3.22. The maximum Gasteiger partial charge on any atom is 0.230 e. The summed E-state index contributed by atoms with van der Waals surface area (Å²) in [5, 5.41) is 14.6. The molecule has 4 N–H and O–H groups in total. The summed E-state index contributed by atoms with van der Waals surface area (Å²) < 4.78 is 0. The van der Waals surface area contributed by atoms with E-state index in [4.69, 9.17) is 10.9 Å². The SMILES string of the molecule is CCC(C(=O)NCC(C1CC1)C1CC1)C(N)=NO. The van der Waals surface area contributed by atoms with Crippen molar-refractivity contribution in [1.29, 1.82) is 0 Å².